The first-order chi connectivity index (χ1) is 3.89. The summed E-state index contributed by atoms with van der Waals surface area (Å²) in [6.07, 6.45) is 0. The zero-order chi connectivity index (χ0) is 7.65. The summed E-state index contributed by atoms with van der Waals surface area (Å²) in [4.78, 5) is 18.8. The Kier molecular flexibility index (Phi) is 1.95. The molecule has 0 saturated carbocycles. The molecule has 0 N–H and O–H groups in total. The molecule has 0 atom stereocenters. The fourth-order valence-corrected chi connectivity index (χ4v) is 0.0773. The smallest absolute Gasteiger partial charge is 0.257 e. The van der Waals surface area contributed by atoms with Gasteiger partial charge in [0.05, 0.1) is 0 Å². The van der Waals surface area contributed by atoms with Crippen LogP contribution in [0.4, 0.5) is 13.2 Å². The fourth-order valence-electron chi connectivity index (χ4n) is 0.0773. The van der Waals surface area contributed by atoms with E-state index in [1.54, 1.807) is 0 Å². The molecule has 52 valence electrons. The highest BCUT2D eigenvalue weighted by atomic mass is 19.2. The van der Waals surface area contributed by atoms with Gasteiger partial charge in [-0.25, -0.2) is 4.39 Å². The van der Waals surface area contributed by atoms with Crippen LogP contribution in [-0.4, -0.2) is 17.7 Å². The quantitative estimate of drug-likeness (QED) is 0.418. The van der Waals surface area contributed by atoms with Crippen LogP contribution < -0.4 is 0 Å². The van der Waals surface area contributed by atoms with Gasteiger partial charge in [0.2, 0.25) is 0 Å². The van der Waals surface area contributed by atoms with Crippen LogP contribution in [0, 0.1) is 0 Å². The van der Waals surface area contributed by atoms with E-state index in [2.05, 4.69) is 0 Å². The van der Waals surface area contributed by atoms with Crippen LogP contribution in [0.5, 0.6) is 0 Å². The second kappa shape index (κ2) is 2.16. The molecule has 0 aromatic carbocycles. The van der Waals surface area contributed by atoms with Gasteiger partial charge < -0.3 is 0 Å². The number of carbonyl (C=O) groups excluding carboxylic acids is 2. The minimum atomic E-state index is -3.61. The van der Waals surface area contributed by atoms with Crippen LogP contribution >= 0.6 is 0 Å². The molecular weight excluding hydrogens is 137 g/mol. The summed E-state index contributed by atoms with van der Waals surface area (Å²) in [6.45, 7) is 0.220. The first-order valence-corrected chi connectivity index (χ1v) is 1.98. The van der Waals surface area contributed by atoms with Gasteiger partial charge in [0, 0.05) is 0 Å². The standard InChI is InChI=1S/C4H3F3O2/c1-4(7,2(5)8)3(6)9/h1H3. The lowest BCUT2D eigenvalue weighted by Crippen LogP contribution is -2.33. The van der Waals surface area contributed by atoms with Crippen molar-refractivity contribution >= 4 is 12.1 Å². The van der Waals surface area contributed by atoms with Crippen molar-refractivity contribution in [2.24, 2.45) is 0 Å². The Morgan fingerprint density at radius 1 is 1.22 bits per heavy atom. The van der Waals surface area contributed by atoms with Crippen molar-refractivity contribution in [1.29, 1.82) is 0 Å². The molecule has 0 radical (unpaired) electrons. The summed E-state index contributed by atoms with van der Waals surface area (Å²) in [5, 5.41) is 0. The zero-order valence-corrected chi connectivity index (χ0v) is 4.45. The number of hydrogen-bond acceptors (Lipinski definition) is 2. The van der Waals surface area contributed by atoms with Crippen LogP contribution in [0.3, 0.4) is 0 Å². The molecule has 0 bridgehead atoms. The van der Waals surface area contributed by atoms with Crippen molar-refractivity contribution in [2.45, 2.75) is 12.6 Å². The van der Waals surface area contributed by atoms with Gasteiger partial charge in [0.25, 0.3) is 5.67 Å². The van der Waals surface area contributed by atoms with Crippen molar-refractivity contribution in [1.82, 2.24) is 0 Å². The van der Waals surface area contributed by atoms with E-state index in [0.29, 0.717) is 0 Å². The lowest BCUT2D eigenvalue weighted by molar-refractivity contribution is -0.155. The summed E-state index contributed by atoms with van der Waals surface area (Å²) in [6, 6.07) is -5.23. The van der Waals surface area contributed by atoms with Crippen molar-refractivity contribution in [3.8, 4) is 0 Å². The molecular formula is C4H3F3O2. The minimum absolute atomic E-state index is 0.220. The Bertz CT molecular complexity index is 136. The predicted molar refractivity (Wildman–Crippen MR) is 21.7 cm³/mol. The Morgan fingerprint density at radius 2 is 1.44 bits per heavy atom. The van der Waals surface area contributed by atoms with E-state index in [4.69, 9.17) is 0 Å². The number of carbonyl (C=O) groups is 2. The third-order valence-electron chi connectivity index (χ3n) is 0.738. The van der Waals surface area contributed by atoms with Crippen LogP contribution in [0.25, 0.3) is 0 Å². The molecule has 0 aromatic heterocycles. The molecule has 2 nitrogen and oxygen atoms in total. The maximum atomic E-state index is 11.9. The molecule has 0 aliphatic carbocycles. The SMILES string of the molecule is CC(F)(C(=O)F)C(=O)F. The van der Waals surface area contributed by atoms with Gasteiger partial charge in [-0.1, -0.05) is 0 Å². The first-order valence-electron chi connectivity index (χ1n) is 1.98. The van der Waals surface area contributed by atoms with E-state index in [-0.39, 0.29) is 6.92 Å². The zero-order valence-electron chi connectivity index (χ0n) is 4.45. The second-order valence-corrected chi connectivity index (χ2v) is 1.55. The summed E-state index contributed by atoms with van der Waals surface area (Å²) in [7, 11) is 0. The van der Waals surface area contributed by atoms with E-state index < -0.39 is 17.7 Å². The van der Waals surface area contributed by atoms with Gasteiger partial charge in [-0.3, -0.25) is 9.59 Å². The highest BCUT2D eigenvalue weighted by Gasteiger charge is 2.42. The maximum Gasteiger partial charge on any atom is 0.348 e. The normalized spacial score (nSPS) is 11.1. The lowest BCUT2D eigenvalue weighted by atomic mass is 10.2. The summed E-state index contributed by atoms with van der Waals surface area (Å²) >= 11 is 0. The number of halogens is 3. The van der Waals surface area contributed by atoms with Crippen LogP contribution in [0.15, 0.2) is 0 Å². The molecule has 0 aliphatic rings. The molecule has 0 saturated heterocycles. The van der Waals surface area contributed by atoms with E-state index in [1.165, 1.54) is 0 Å². The van der Waals surface area contributed by atoms with Gasteiger partial charge in [0.15, 0.2) is 0 Å². The van der Waals surface area contributed by atoms with E-state index in [1.807, 2.05) is 0 Å². The van der Waals surface area contributed by atoms with Gasteiger partial charge in [-0.2, -0.15) is 8.78 Å². The van der Waals surface area contributed by atoms with Crippen molar-refractivity contribution in [3.63, 3.8) is 0 Å². The topological polar surface area (TPSA) is 34.1 Å². The molecule has 0 aromatic rings. The van der Waals surface area contributed by atoms with Crippen LogP contribution in [0.2, 0.25) is 0 Å². The Balaban J connectivity index is 4.38. The van der Waals surface area contributed by atoms with E-state index in [0.717, 1.165) is 0 Å². The second-order valence-electron chi connectivity index (χ2n) is 1.55. The maximum absolute atomic E-state index is 11.9. The number of rotatable bonds is 2. The third-order valence-corrected chi connectivity index (χ3v) is 0.738. The summed E-state index contributed by atoms with van der Waals surface area (Å²) in [5.41, 5.74) is -3.61. The third kappa shape index (κ3) is 1.51. The Labute approximate surface area is 48.7 Å². The molecule has 9 heavy (non-hydrogen) atoms. The Hall–Kier alpha value is -0.870. The van der Waals surface area contributed by atoms with Crippen molar-refractivity contribution in [3.05, 3.63) is 0 Å². The molecule has 0 fully saturated rings. The predicted octanol–water partition coefficient (Wildman–Crippen LogP) is 0.707. The molecule has 5 heteroatoms. The summed E-state index contributed by atoms with van der Waals surface area (Å²) < 4.78 is 34.4. The van der Waals surface area contributed by atoms with Gasteiger partial charge >= 0.3 is 12.1 Å². The molecule has 0 amide bonds. The van der Waals surface area contributed by atoms with Gasteiger partial charge in [-0.05, 0) is 6.92 Å². The molecule has 0 heterocycles. The monoisotopic (exact) mass is 140 g/mol. The van der Waals surface area contributed by atoms with Crippen LogP contribution in [0.1, 0.15) is 6.92 Å². The average molecular weight is 140 g/mol. The highest BCUT2D eigenvalue weighted by Crippen LogP contribution is 2.13. The minimum Gasteiger partial charge on any atom is -0.257 e. The number of alkyl halides is 1. The highest BCUT2D eigenvalue weighted by molar-refractivity contribution is 6.01. The van der Waals surface area contributed by atoms with E-state index in [9.17, 15) is 22.8 Å². The largest absolute Gasteiger partial charge is 0.348 e. The van der Waals surface area contributed by atoms with Gasteiger partial charge in [0.1, 0.15) is 0 Å². The molecule has 0 unspecified atom stereocenters. The van der Waals surface area contributed by atoms with Gasteiger partial charge in [-0.15, -0.1) is 0 Å². The van der Waals surface area contributed by atoms with Crippen LogP contribution in [-0.2, 0) is 9.59 Å². The lowest BCUT2D eigenvalue weighted by Gasteiger charge is -2.03. The fraction of sp³-hybridized carbons (Fsp3) is 0.500. The molecule has 0 aliphatic heterocycles. The van der Waals surface area contributed by atoms with Crippen molar-refractivity contribution < 1.29 is 22.8 Å². The Morgan fingerprint density at radius 3 is 1.44 bits per heavy atom. The summed E-state index contributed by atoms with van der Waals surface area (Å²) in [5.74, 6) is 0. The molecule has 0 rings (SSSR count). The van der Waals surface area contributed by atoms with E-state index >= 15 is 0 Å². The first kappa shape index (κ1) is 8.13. The number of hydrogen-bond donors (Lipinski definition) is 0. The molecule has 0 spiro atoms. The average Bonchev–Trinajstić information content (AvgIpc) is 1.65. The van der Waals surface area contributed by atoms with Crippen molar-refractivity contribution in [2.75, 3.05) is 0 Å².